The van der Waals surface area contributed by atoms with Gasteiger partial charge in [0.1, 0.15) is 5.75 Å². The number of hydrogen-bond acceptors (Lipinski definition) is 4. The summed E-state index contributed by atoms with van der Waals surface area (Å²) in [5, 5.41) is 3.05. The van der Waals surface area contributed by atoms with E-state index in [0.717, 1.165) is 25.9 Å². The van der Waals surface area contributed by atoms with Gasteiger partial charge in [-0.15, -0.1) is 0 Å². The molecule has 1 aromatic carbocycles. The van der Waals surface area contributed by atoms with Crippen LogP contribution >= 0.6 is 0 Å². The molecule has 19 heavy (non-hydrogen) atoms. The predicted molar refractivity (Wildman–Crippen MR) is 75.4 cm³/mol. The molecule has 1 aromatic rings. The summed E-state index contributed by atoms with van der Waals surface area (Å²) in [5.74, 6) is 0.522. The number of nitrogens with one attached hydrogen (secondary N) is 1. The first-order valence-electron chi connectivity index (χ1n) is 6.53. The summed E-state index contributed by atoms with van der Waals surface area (Å²) in [5.41, 5.74) is 6.81. The van der Waals surface area contributed by atoms with Crippen LogP contribution in [0.3, 0.4) is 0 Å². The van der Waals surface area contributed by atoms with Gasteiger partial charge in [0.15, 0.2) is 0 Å². The van der Waals surface area contributed by atoms with E-state index in [-0.39, 0.29) is 11.9 Å². The maximum Gasteiger partial charge on any atom is 0.253 e. The quantitative estimate of drug-likeness (QED) is 0.801. The number of amides is 1. The van der Waals surface area contributed by atoms with Gasteiger partial charge < -0.3 is 20.7 Å². The molecule has 0 atom stereocenters. The SMILES string of the molecule is COc1ccc(N)c(C(=O)NC2CCN(C)CC2)c1. The average molecular weight is 263 g/mol. The van der Waals surface area contributed by atoms with E-state index in [2.05, 4.69) is 17.3 Å². The van der Waals surface area contributed by atoms with E-state index in [1.165, 1.54) is 0 Å². The first kappa shape index (κ1) is 13.7. The number of hydrogen-bond donors (Lipinski definition) is 2. The maximum atomic E-state index is 12.2. The standard InChI is InChI=1S/C14H21N3O2/c1-17-7-5-10(6-8-17)16-14(18)12-9-11(19-2)3-4-13(12)15/h3-4,9-10H,5-8,15H2,1-2H3,(H,16,18). The first-order valence-corrected chi connectivity index (χ1v) is 6.53. The van der Waals surface area contributed by atoms with E-state index in [1.54, 1.807) is 25.3 Å². The zero-order valence-electron chi connectivity index (χ0n) is 11.5. The number of nitrogens with zero attached hydrogens (tertiary/aromatic N) is 1. The number of carbonyl (C=O) groups excluding carboxylic acids is 1. The fourth-order valence-corrected chi connectivity index (χ4v) is 2.28. The van der Waals surface area contributed by atoms with E-state index >= 15 is 0 Å². The molecule has 1 saturated heterocycles. The van der Waals surface area contributed by atoms with Crippen LogP contribution in [0.5, 0.6) is 5.75 Å². The molecule has 5 heteroatoms. The minimum atomic E-state index is -0.119. The van der Waals surface area contributed by atoms with Crippen LogP contribution in [0.15, 0.2) is 18.2 Å². The van der Waals surface area contributed by atoms with E-state index in [0.29, 0.717) is 17.0 Å². The minimum Gasteiger partial charge on any atom is -0.497 e. The number of carbonyl (C=O) groups is 1. The average Bonchev–Trinajstić information content (AvgIpc) is 2.42. The highest BCUT2D eigenvalue weighted by Gasteiger charge is 2.20. The van der Waals surface area contributed by atoms with Crippen molar-refractivity contribution in [3.05, 3.63) is 23.8 Å². The van der Waals surface area contributed by atoms with Crippen LogP contribution in [-0.2, 0) is 0 Å². The van der Waals surface area contributed by atoms with E-state index < -0.39 is 0 Å². The molecule has 104 valence electrons. The Hall–Kier alpha value is -1.75. The van der Waals surface area contributed by atoms with E-state index in [9.17, 15) is 4.79 Å². The molecule has 1 amide bonds. The summed E-state index contributed by atoms with van der Waals surface area (Å²) in [6.07, 6.45) is 1.96. The molecule has 5 nitrogen and oxygen atoms in total. The number of ether oxygens (including phenoxy) is 1. The van der Waals surface area contributed by atoms with Gasteiger partial charge in [-0.2, -0.15) is 0 Å². The Bertz CT molecular complexity index is 454. The number of piperidine rings is 1. The van der Waals surface area contributed by atoms with Crippen LogP contribution < -0.4 is 15.8 Å². The lowest BCUT2D eigenvalue weighted by molar-refractivity contribution is 0.0917. The number of likely N-dealkylation sites (tertiary alicyclic amines) is 1. The van der Waals surface area contributed by atoms with Crippen LogP contribution in [0.25, 0.3) is 0 Å². The summed E-state index contributed by atoms with van der Waals surface area (Å²) < 4.78 is 5.12. The van der Waals surface area contributed by atoms with Gasteiger partial charge in [0.05, 0.1) is 12.7 Å². The van der Waals surface area contributed by atoms with Crippen molar-refractivity contribution in [1.29, 1.82) is 0 Å². The largest absolute Gasteiger partial charge is 0.497 e. The van der Waals surface area contributed by atoms with Crippen molar-refractivity contribution in [2.75, 3.05) is 33.0 Å². The fraction of sp³-hybridized carbons (Fsp3) is 0.500. The van der Waals surface area contributed by atoms with E-state index in [1.807, 2.05) is 0 Å². The van der Waals surface area contributed by atoms with Crippen LogP contribution in [0.4, 0.5) is 5.69 Å². The van der Waals surface area contributed by atoms with E-state index in [4.69, 9.17) is 10.5 Å². The number of methoxy groups -OCH3 is 1. The third-order valence-corrected chi connectivity index (χ3v) is 3.56. The molecule has 0 aliphatic carbocycles. The smallest absolute Gasteiger partial charge is 0.253 e. The van der Waals surface area contributed by atoms with Gasteiger partial charge >= 0.3 is 0 Å². The normalized spacial score (nSPS) is 17.2. The number of nitrogens with two attached hydrogens (primary N) is 1. The van der Waals surface area contributed by atoms with Crippen LogP contribution in [0.1, 0.15) is 23.2 Å². The molecule has 3 N–H and O–H groups in total. The summed E-state index contributed by atoms with van der Waals surface area (Å²) in [7, 11) is 3.67. The summed E-state index contributed by atoms with van der Waals surface area (Å²) in [4.78, 5) is 14.5. The number of nitrogen functional groups attached to an aromatic ring is 1. The van der Waals surface area contributed by atoms with Crippen molar-refractivity contribution < 1.29 is 9.53 Å². The highest BCUT2D eigenvalue weighted by molar-refractivity contribution is 5.99. The summed E-state index contributed by atoms with van der Waals surface area (Å²) in [6, 6.07) is 5.36. The van der Waals surface area contributed by atoms with Gasteiger partial charge in [0.2, 0.25) is 0 Å². The Balaban J connectivity index is 2.03. The van der Waals surface area contributed by atoms with Crippen molar-refractivity contribution in [3.8, 4) is 5.75 Å². The lowest BCUT2D eigenvalue weighted by atomic mass is 10.0. The molecule has 0 saturated carbocycles. The Kier molecular flexibility index (Phi) is 4.27. The second-order valence-corrected chi connectivity index (χ2v) is 5.00. The van der Waals surface area contributed by atoms with Gasteiger partial charge in [-0.1, -0.05) is 0 Å². The van der Waals surface area contributed by atoms with Crippen LogP contribution in [-0.4, -0.2) is 44.1 Å². The van der Waals surface area contributed by atoms with Crippen molar-refractivity contribution in [2.45, 2.75) is 18.9 Å². The first-order chi connectivity index (χ1) is 9.10. The van der Waals surface area contributed by atoms with Crippen molar-refractivity contribution in [1.82, 2.24) is 10.2 Å². The Morgan fingerprint density at radius 3 is 2.74 bits per heavy atom. The maximum absolute atomic E-state index is 12.2. The molecular weight excluding hydrogens is 242 g/mol. The molecular formula is C14H21N3O2. The zero-order chi connectivity index (χ0) is 13.8. The molecule has 0 aromatic heterocycles. The van der Waals surface area contributed by atoms with Crippen LogP contribution in [0, 0.1) is 0 Å². The van der Waals surface area contributed by atoms with Gasteiger partial charge in [-0.25, -0.2) is 0 Å². The zero-order valence-corrected chi connectivity index (χ0v) is 11.5. The predicted octanol–water partition coefficient (Wildman–Crippen LogP) is 1.10. The van der Waals surface area contributed by atoms with Gasteiger partial charge in [-0.05, 0) is 51.2 Å². The Morgan fingerprint density at radius 2 is 2.11 bits per heavy atom. The number of rotatable bonds is 3. The summed E-state index contributed by atoms with van der Waals surface area (Å²) >= 11 is 0. The summed E-state index contributed by atoms with van der Waals surface area (Å²) in [6.45, 7) is 2.02. The van der Waals surface area contributed by atoms with Gasteiger partial charge in [0.25, 0.3) is 5.91 Å². The topological polar surface area (TPSA) is 67.6 Å². The highest BCUT2D eigenvalue weighted by Crippen LogP contribution is 2.20. The minimum absolute atomic E-state index is 0.119. The highest BCUT2D eigenvalue weighted by atomic mass is 16.5. The fourth-order valence-electron chi connectivity index (χ4n) is 2.28. The lowest BCUT2D eigenvalue weighted by Gasteiger charge is -2.29. The van der Waals surface area contributed by atoms with Crippen molar-refractivity contribution in [2.24, 2.45) is 0 Å². The second kappa shape index (κ2) is 5.93. The molecule has 0 unspecified atom stereocenters. The molecule has 0 radical (unpaired) electrons. The molecule has 0 bridgehead atoms. The third-order valence-electron chi connectivity index (χ3n) is 3.56. The Morgan fingerprint density at radius 1 is 1.42 bits per heavy atom. The molecule has 2 rings (SSSR count). The lowest BCUT2D eigenvalue weighted by Crippen LogP contribution is -2.43. The second-order valence-electron chi connectivity index (χ2n) is 5.00. The number of benzene rings is 1. The molecule has 1 aliphatic heterocycles. The Labute approximate surface area is 113 Å². The molecule has 1 aliphatic rings. The van der Waals surface area contributed by atoms with Gasteiger partial charge in [-0.3, -0.25) is 4.79 Å². The monoisotopic (exact) mass is 263 g/mol. The van der Waals surface area contributed by atoms with Crippen LogP contribution in [0.2, 0.25) is 0 Å². The number of anilines is 1. The van der Waals surface area contributed by atoms with Crippen molar-refractivity contribution in [3.63, 3.8) is 0 Å². The molecule has 1 fully saturated rings. The van der Waals surface area contributed by atoms with Crippen molar-refractivity contribution >= 4 is 11.6 Å². The van der Waals surface area contributed by atoms with Gasteiger partial charge in [0, 0.05) is 11.7 Å². The molecule has 1 heterocycles. The third kappa shape index (κ3) is 3.38. The molecule has 0 spiro atoms.